The SMILES string of the molecule is C=C/C=C(/CCC1([C@H](CCC)C(=O)CC[C@H](O)C2CCCCC2)CC1)c1cc[nH]c1C. The van der Waals surface area contributed by atoms with E-state index in [9.17, 15) is 9.90 Å². The van der Waals surface area contributed by atoms with Gasteiger partial charge in [0.25, 0.3) is 0 Å². The first-order valence-electron chi connectivity index (χ1n) is 12.7. The zero-order valence-corrected chi connectivity index (χ0v) is 19.8. The lowest BCUT2D eigenvalue weighted by Crippen LogP contribution is -2.28. The summed E-state index contributed by atoms with van der Waals surface area (Å²) in [4.78, 5) is 16.6. The zero-order chi connectivity index (χ0) is 22.3. The number of carbonyl (C=O) groups is 1. The van der Waals surface area contributed by atoms with Crippen LogP contribution in [0.3, 0.4) is 0 Å². The molecule has 0 aliphatic heterocycles. The van der Waals surface area contributed by atoms with E-state index in [-0.39, 0.29) is 17.4 Å². The Morgan fingerprint density at radius 2 is 2.00 bits per heavy atom. The van der Waals surface area contributed by atoms with Gasteiger partial charge in [-0.05, 0) is 86.8 Å². The van der Waals surface area contributed by atoms with Crippen molar-refractivity contribution in [3.05, 3.63) is 42.3 Å². The molecule has 2 fully saturated rings. The van der Waals surface area contributed by atoms with Crippen LogP contribution in [-0.4, -0.2) is 22.0 Å². The molecule has 3 heteroatoms. The molecule has 2 N–H and O–H groups in total. The first-order chi connectivity index (χ1) is 15.0. The summed E-state index contributed by atoms with van der Waals surface area (Å²) < 4.78 is 0. The number of aromatic amines is 1. The minimum atomic E-state index is -0.291. The topological polar surface area (TPSA) is 53.1 Å². The number of aliphatic hydroxyl groups is 1. The predicted octanol–water partition coefficient (Wildman–Crippen LogP) is 7.16. The number of rotatable bonds is 13. The van der Waals surface area contributed by atoms with Gasteiger partial charge in [-0.15, -0.1) is 0 Å². The van der Waals surface area contributed by atoms with Gasteiger partial charge in [-0.25, -0.2) is 0 Å². The number of allylic oxidation sites excluding steroid dienone is 3. The molecule has 1 heterocycles. The van der Waals surface area contributed by atoms with E-state index in [4.69, 9.17) is 0 Å². The molecule has 3 nitrogen and oxygen atoms in total. The van der Waals surface area contributed by atoms with Crippen LogP contribution in [0.15, 0.2) is 31.0 Å². The van der Waals surface area contributed by atoms with Crippen LogP contribution in [0.1, 0.15) is 102 Å². The molecule has 0 bridgehead atoms. The van der Waals surface area contributed by atoms with E-state index >= 15 is 0 Å². The Morgan fingerprint density at radius 1 is 1.26 bits per heavy atom. The summed E-state index contributed by atoms with van der Waals surface area (Å²) in [6.45, 7) is 8.21. The molecule has 31 heavy (non-hydrogen) atoms. The third-order valence-electron chi connectivity index (χ3n) is 7.99. The van der Waals surface area contributed by atoms with Crippen LogP contribution in [0, 0.1) is 24.2 Å². The second-order valence-electron chi connectivity index (χ2n) is 10.1. The van der Waals surface area contributed by atoms with Gasteiger partial charge in [0.2, 0.25) is 0 Å². The summed E-state index contributed by atoms with van der Waals surface area (Å²) in [6.07, 6.45) is 19.4. The molecule has 0 spiro atoms. The van der Waals surface area contributed by atoms with Crippen molar-refractivity contribution in [2.45, 2.75) is 103 Å². The molecule has 0 amide bonds. The normalized spacial score (nSPS) is 20.9. The largest absolute Gasteiger partial charge is 0.393 e. The van der Waals surface area contributed by atoms with Crippen LogP contribution in [0.25, 0.3) is 5.57 Å². The maximum atomic E-state index is 13.3. The molecular weight excluding hydrogens is 382 g/mol. The number of aromatic nitrogens is 1. The zero-order valence-electron chi connectivity index (χ0n) is 19.8. The van der Waals surface area contributed by atoms with Crippen molar-refractivity contribution in [1.82, 2.24) is 4.98 Å². The first-order valence-corrected chi connectivity index (χ1v) is 12.7. The lowest BCUT2D eigenvalue weighted by molar-refractivity contribution is -0.126. The van der Waals surface area contributed by atoms with Crippen LogP contribution in [-0.2, 0) is 4.79 Å². The maximum Gasteiger partial charge on any atom is 0.136 e. The lowest BCUT2D eigenvalue weighted by atomic mass is 9.76. The van der Waals surface area contributed by atoms with E-state index in [1.807, 2.05) is 12.3 Å². The molecule has 3 rings (SSSR count). The monoisotopic (exact) mass is 425 g/mol. The van der Waals surface area contributed by atoms with Gasteiger partial charge in [0.15, 0.2) is 0 Å². The van der Waals surface area contributed by atoms with Crippen LogP contribution in [0.5, 0.6) is 0 Å². The molecule has 0 unspecified atom stereocenters. The summed E-state index contributed by atoms with van der Waals surface area (Å²) >= 11 is 0. The van der Waals surface area contributed by atoms with Gasteiger partial charge in [0, 0.05) is 24.2 Å². The van der Waals surface area contributed by atoms with Gasteiger partial charge in [-0.2, -0.15) is 0 Å². The molecule has 0 aromatic carbocycles. The fourth-order valence-electron chi connectivity index (χ4n) is 5.88. The second kappa shape index (κ2) is 11.3. The molecule has 172 valence electrons. The Labute approximate surface area is 189 Å². The first kappa shape index (κ1) is 24.0. The highest BCUT2D eigenvalue weighted by Crippen LogP contribution is 2.58. The summed E-state index contributed by atoms with van der Waals surface area (Å²) in [7, 11) is 0. The van der Waals surface area contributed by atoms with Gasteiger partial charge < -0.3 is 10.1 Å². The minimum Gasteiger partial charge on any atom is -0.393 e. The molecular formula is C28H43NO2. The smallest absolute Gasteiger partial charge is 0.136 e. The summed E-state index contributed by atoms with van der Waals surface area (Å²) in [5.41, 5.74) is 3.95. The van der Waals surface area contributed by atoms with Gasteiger partial charge in [-0.1, -0.05) is 51.3 Å². The standard InChI is InChI=1S/C28H43NO2/c1-4-9-22(24-16-20-29-21(24)3)15-17-28(18-19-28)25(10-5-2)27(31)14-13-26(30)23-11-7-6-8-12-23/h4,9,16,20,23,25-26,29-30H,1,5-8,10-15,17-19H2,2-3H3/b22-9-/t25-,26+/m1/s1. The van der Waals surface area contributed by atoms with Crippen molar-refractivity contribution in [3.8, 4) is 0 Å². The average Bonchev–Trinajstić information content (AvgIpc) is 3.45. The van der Waals surface area contributed by atoms with Gasteiger partial charge in [0.05, 0.1) is 6.10 Å². The summed E-state index contributed by atoms with van der Waals surface area (Å²) in [5.74, 6) is 0.979. The van der Waals surface area contributed by atoms with Crippen molar-refractivity contribution in [1.29, 1.82) is 0 Å². The number of hydrogen-bond acceptors (Lipinski definition) is 2. The molecule has 1 aromatic rings. The molecule has 2 aliphatic rings. The molecule has 2 aliphatic carbocycles. The van der Waals surface area contributed by atoms with Crippen molar-refractivity contribution in [3.63, 3.8) is 0 Å². The minimum absolute atomic E-state index is 0.161. The number of H-pyrrole nitrogens is 1. The number of nitrogens with one attached hydrogen (secondary N) is 1. The highest BCUT2D eigenvalue weighted by molar-refractivity contribution is 5.82. The average molecular weight is 426 g/mol. The number of carbonyl (C=O) groups excluding carboxylic acids is 1. The number of Topliss-reactive ketones (excluding diaryl/α,β-unsaturated/α-hetero) is 1. The molecule has 0 radical (unpaired) electrons. The fraction of sp³-hybridized carbons (Fsp3) is 0.679. The highest BCUT2D eigenvalue weighted by atomic mass is 16.3. The second-order valence-corrected chi connectivity index (χ2v) is 10.1. The molecule has 0 saturated heterocycles. The summed E-state index contributed by atoms with van der Waals surface area (Å²) in [5, 5.41) is 10.6. The van der Waals surface area contributed by atoms with E-state index in [0.29, 0.717) is 24.5 Å². The highest BCUT2D eigenvalue weighted by Gasteiger charge is 2.50. The van der Waals surface area contributed by atoms with Gasteiger partial charge >= 0.3 is 0 Å². The van der Waals surface area contributed by atoms with Crippen molar-refractivity contribution in [2.24, 2.45) is 17.3 Å². The van der Waals surface area contributed by atoms with Crippen LogP contribution in [0.2, 0.25) is 0 Å². The van der Waals surface area contributed by atoms with E-state index in [2.05, 4.69) is 37.6 Å². The quantitative estimate of drug-likeness (QED) is 0.329. The Balaban J connectivity index is 1.60. The van der Waals surface area contributed by atoms with Gasteiger partial charge in [0.1, 0.15) is 5.78 Å². The Hall–Kier alpha value is -1.61. The summed E-state index contributed by atoms with van der Waals surface area (Å²) in [6, 6.07) is 2.14. The molecule has 1 aromatic heterocycles. The fourth-order valence-corrected chi connectivity index (χ4v) is 5.88. The predicted molar refractivity (Wildman–Crippen MR) is 130 cm³/mol. The maximum absolute atomic E-state index is 13.3. The van der Waals surface area contributed by atoms with Crippen LogP contribution < -0.4 is 0 Å². The van der Waals surface area contributed by atoms with E-state index in [1.54, 1.807) is 0 Å². The van der Waals surface area contributed by atoms with E-state index in [0.717, 1.165) is 38.5 Å². The number of hydrogen-bond donors (Lipinski definition) is 2. The van der Waals surface area contributed by atoms with Gasteiger partial charge in [-0.3, -0.25) is 4.79 Å². The van der Waals surface area contributed by atoms with Crippen molar-refractivity contribution in [2.75, 3.05) is 0 Å². The third-order valence-corrected chi connectivity index (χ3v) is 7.99. The number of aryl methyl sites for hydroxylation is 1. The number of ketones is 1. The molecule has 2 saturated carbocycles. The third kappa shape index (κ3) is 6.22. The molecule has 2 atom stereocenters. The van der Waals surface area contributed by atoms with E-state index in [1.165, 1.54) is 48.9 Å². The van der Waals surface area contributed by atoms with Crippen molar-refractivity contribution < 1.29 is 9.90 Å². The van der Waals surface area contributed by atoms with Crippen LogP contribution in [0.4, 0.5) is 0 Å². The number of aliphatic hydroxyl groups excluding tert-OH is 1. The Bertz CT molecular complexity index is 749. The van der Waals surface area contributed by atoms with Crippen LogP contribution >= 0.6 is 0 Å². The Kier molecular flexibility index (Phi) is 8.77. The Morgan fingerprint density at radius 3 is 2.58 bits per heavy atom. The van der Waals surface area contributed by atoms with Crippen molar-refractivity contribution >= 4 is 11.4 Å². The lowest BCUT2D eigenvalue weighted by Gasteiger charge is -2.29. The van der Waals surface area contributed by atoms with E-state index < -0.39 is 0 Å².